The maximum atomic E-state index is 5.97. The molecular formula is C15H25NO3Si. The minimum atomic E-state index is -1.70. The summed E-state index contributed by atoms with van der Waals surface area (Å²) in [4.78, 5) is 0. The Hall–Kier alpha value is -1.62. The molecule has 0 aliphatic rings. The summed E-state index contributed by atoms with van der Waals surface area (Å²) in [5.41, 5.74) is 1.85. The number of methoxy groups -OCH3 is 1. The van der Waals surface area contributed by atoms with Gasteiger partial charge in [-0.3, -0.25) is 0 Å². The van der Waals surface area contributed by atoms with Crippen molar-refractivity contribution in [2.24, 2.45) is 0 Å². The molecular weight excluding hydrogens is 270 g/mol. The maximum absolute atomic E-state index is 5.97. The number of benzene rings is 1. The molecule has 112 valence electrons. The van der Waals surface area contributed by atoms with E-state index in [1.165, 1.54) is 0 Å². The number of ether oxygens (including phenoxy) is 2. The zero-order valence-electron chi connectivity index (χ0n) is 13.2. The van der Waals surface area contributed by atoms with Crippen molar-refractivity contribution in [1.82, 2.24) is 0 Å². The molecule has 1 aromatic carbocycles. The maximum Gasteiger partial charge on any atom is 0.285 e. The van der Waals surface area contributed by atoms with Gasteiger partial charge in [0.25, 0.3) is 5.95 Å². The largest absolute Gasteiger partial charge is 0.518 e. The molecule has 0 radical (unpaired) electrons. The van der Waals surface area contributed by atoms with Gasteiger partial charge in [-0.15, -0.1) is 0 Å². The average molecular weight is 295 g/mol. The summed E-state index contributed by atoms with van der Waals surface area (Å²) < 4.78 is 16.7. The van der Waals surface area contributed by atoms with E-state index in [4.69, 9.17) is 13.9 Å². The highest BCUT2D eigenvalue weighted by atomic mass is 28.4. The summed E-state index contributed by atoms with van der Waals surface area (Å²) >= 11 is 0. The van der Waals surface area contributed by atoms with Gasteiger partial charge < -0.3 is 19.2 Å². The van der Waals surface area contributed by atoms with Gasteiger partial charge in [0, 0.05) is 5.69 Å². The summed E-state index contributed by atoms with van der Waals surface area (Å²) in [5, 5.41) is 3.30. The third-order valence-corrected chi connectivity index (χ3v) is 3.20. The lowest BCUT2D eigenvalue weighted by Crippen LogP contribution is -2.27. The van der Waals surface area contributed by atoms with E-state index in [1.54, 1.807) is 7.11 Å². The molecule has 0 heterocycles. The van der Waals surface area contributed by atoms with Crippen LogP contribution in [0.15, 0.2) is 35.9 Å². The second kappa shape index (κ2) is 7.24. The van der Waals surface area contributed by atoms with E-state index in [0.717, 1.165) is 17.1 Å². The predicted octanol–water partition coefficient (Wildman–Crippen LogP) is 4.18. The molecule has 0 saturated carbocycles. The first kappa shape index (κ1) is 16.4. The molecule has 0 spiro atoms. The van der Waals surface area contributed by atoms with Crippen LogP contribution in [0, 0.1) is 0 Å². The molecule has 0 amide bonds. The molecule has 0 saturated heterocycles. The predicted molar refractivity (Wildman–Crippen MR) is 85.4 cm³/mol. The van der Waals surface area contributed by atoms with Crippen molar-refractivity contribution in [3.8, 4) is 5.75 Å². The van der Waals surface area contributed by atoms with E-state index in [-0.39, 0.29) is 0 Å². The van der Waals surface area contributed by atoms with Gasteiger partial charge in [0.15, 0.2) is 0 Å². The van der Waals surface area contributed by atoms with E-state index < -0.39 is 8.32 Å². The zero-order valence-corrected chi connectivity index (χ0v) is 14.2. The molecule has 0 atom stereocenters. The molecule has 1 aromatic rings. The lowest BCUT2D eigenvalue weighted by atomic mass is 10.3. The normalized spacial score (nSPS) is 12.5. The van der Waals surface area contributed by atoms with Crippen molar-refractivity contribution in [3.63, 3.8) is 0 Å². The van der Waals surface area contributed by atoms with Crippen LogP contribution in [0.1, 0.15) is 13.8 Å². The fourth-order valence-electron chi connectivity index (χ4n) is 1.57. The number of allylic oxidation sites excluding steroid dienone is 1. The molecule has 0 aliphatic heterocycles. The summed E-state index contributed by atoms with van der Waals surface area (Å²) in [6.07, 6.45) is 0. The molecule has 1 N–H and O–H groups in total. The van der Waals surface area contributed by atoms with Gasteiger partial charge in [0.05, 0.1) is 19.4 Å². The standard InChI is InChI=1S/C15H25NO3Si/c1-7-18-15(19-20(4,5)6)12(2)16-13-8-10-14(17-3)11-9-13/h8-11,16H,7H2,1-6H3/b15-12-. The minimum absolute atomic E-state index is 0.585. The van der Waals surface area contributed by atoms with Crippen LogP contribution in [0.3, 0.4) is 0 Å². The van der Waals surface area contributed by atoms with Crippen molar-refractivity contribution in [3.05, 3.63) is 35.9 Å². The van der Waals surface area contributed by atoms with Crippen molar-refractivity contribution < 1.29 is 13.9 Å². The summed E-state index contributed by atoms with van der Waals surface area (Å²) in [6.45, 7) is 10.9. The Bertz CT molecular complexity index is 449. The quantitative estimate of drug-likeness (QED) is 0.605. The third-order valence-electron chi connectivity index (χ3n) is 2.40. The molecule has 5 heteroatoms. The van der Waals surface area contributed by atoms with E-state index in [2.05, 4.69) is 25.0 Å². The van der Waals surface area contributed by atoms with Crippen molar-refractivity contribution in [2.75, 3.05) is 19.0 Å². The smallest absolute Gasteiger partial charge is 0.285 e. The Morgan fingerprint density at radius 1 is 1.15 bits per heavy atom. The minimum Gasteiger partial charge on any atom is -0.518 e. The van der Waals surface area contributed by atoms with Gasteiger partial charge in [-0.2, -0.15) is 0 Å². The highest BCUT2D eigenvalue weighted by molar-refractivity contribution is 6.70. The molecule has 0 aliphatic carbocycles. The number of hydrogen-bond donors (Lipinski definition) is 1. The van der Waals surface area contributed by atoms with Gasteiger partial charge in [0.2, 0.25) is 8.32 Å². The Morgan fingerprint density at radius 2 is 1.75 bits per heavy atom. The Labute approximate surface area is 122 Å². The summed E-state index contributed by atoms with van der Waals surface area (Å²) in [6, 6.07) is 7.74. The fourth-order valence-corrected chi connectivity index (χ4v) is 2.33. The van der Waals surface area contributed by atoms with E-state index in [0.29, 0.717) is 12.6 Å². The van der Waals surface area contributed by atoms with Crippen LogP contribution in [0.2, 0.25) is 19.6 Å². The highest BCUT2D eigenvalue weighted by Gasteiger charge is 2.20. The highest BCUT2D eigenvalue weighted by Crippen LogP contribution is 2.20. The molecule has 0 aromatic heterocycles. The van der Waals surface area contributed by atoms with Gasteiger partial charge in [-0.05, 0) is 57.8 Å². The Kier molecular flexibility index (Phi) is 5.95. The zero-order chi connectivity index (χ0) is 15.2. The Morgan fingerprint density at radius 3 is 2.20 bits per heavy atom. The van der Waals surface area contributed by atoms with Crippen LogP contribution in [0.5, 0.6) is 5.75 Å². The lowest BCUT2D eigenvalue weighted by molar-refractivity contribution is 0.108. The van der Waals surface area contributed by atoms with Crippen LogP contribution >= 0.6 is 0 Å². The van der Waals surface area contributed by atoms with Gasteiger partial charge in [-0.25, -0.2) is 0 Å². The molecule has 0 unspecified atom stereocenters. The van der Waals surface area contributed by atoms with Crippen molar-refractivity contribution in [1.29, 1.82) is 0 Å². The van der Waals surface area contributed by atoms with Crippen LogP contribution in [-0.4, -0.2) is 22.0 Å². The summed E-state index contributed by atoms with van der Waals surface area (Å²) in [5.74, 6) is 1.42. The van der Waals surface area contributed by atoms with Gasteiger partial charge in [0.1, 0.15) is 5.75 Å². The van der Waals surface area contributed by atoms with Crippen LogP contribution in [0.25, 0.3) is 0 Å². The average Bonchev–Trinajstić information content (AvgIpc) is 2.37. The number of anilines is 1. The summed E-state index contributed by atoms with van der Waals surface area (Å²) in [7, 11) is -0.0398. The second-order valence-electron chi connectivity index (χ2n) is 5.41. The van der Waals surface area contributed by atoms with Crippen molar-refractivity contribution in [2.45, 2.75) is 33.5 Å². The molecule has 0 bridgehead atoms. The number of nitrogens with one attached hydrogen (secondary N) is 1. The molecule has 0 fully saturated rings. The fraction of sp³-hybridized carbons (Fsp3) is 0.467. The molecule has 1 rings (SSSR count). The van der Waals surface area contributed by atoms with Crippen molar-refractivity contribution >= 4 is 14.0 Å². The van der Waals surface area contributed by atoms with E-state index in [1.807, 2.05) is 38.1 Å². The third kappa shape index (κ3) is 5.57. The van der Waals surface area contributed by atoms with Crippen LogP contribution in [0.4, 0.5) is 5.69 Å². The lowest BCUT2D eigenvalue weighted by Gasteiger charge is -2.23. The number of rotatable bonds is 7. The SMILES string of the molecule is CCO/C(O[Si](C)(C)C)=C(\C)Nc1ccc(OC)cc1. The second-order valence-corrected chi connectivity index (χ2v) is 9.84. The van der Waals surface area contributed by atoms with Gasteiger partial charge in [-0.1, -0.05) is 0 Å². The number of hydrogen-bond acceptors (Lipinski definition) is 4. The monoisotopic (exact) mass is 295 g/mol. The van der Waals surface area contributed by atoms with E-state index in [9.17, 15) is 0 Å². The van der Waals surface area contributed by atoms with E-state index >= 15 is 0 Å². The topological polar surface area (TPSA) is 39.7 Å². The molecule has 4 nitrogen and oxygen atoms in total. The van der Waals surface area contributed by atoms with Gasteiger partial charge >= 0.3 is 0 Å². The molecule has 20 heavy (non-hydrogen) atoms. The first-order valence-electron chi connectivity index (χ1n) is 6.79. The Balaban J connectivity index is 2.85. The first-order chi connectivity index (χ1) is 9.35. The van der Waals surface area contributed by atoms with Crippen LogP contribution in [-0.2, 0) is 9.16 Å². The van der Waals surface area contributed by atoms with Crippen LogP contribution < -0.4 is 10.1 Å². The first-order valence-corrected chi connectivity index (χ1v) is 10.2.